The second-order valence-corrected chi connectivity index (χ2v) is 6.63. The molecule has 122 valence electrons. The fourth-order valence-electron chi connectivity index (χ4n) is 3.72. The standard InChI is InChI=1S/C19H30N2O/c1-4-20-16(3)14-21-18(22)19(12-8-5-9-13-19)17-11-7-6-10-15(17)2/h6-7,10-11,16,20H,4-5,8-9,12-14H2,1-3H3,(H,21,22)/t16-/m1/s1. The molecule has 0 heterocycles. The van der Waals surface area contributed by atoms with Crippen LogP contribution in [0.5, 0.6) is 0 Å². The van der Waals surface area contributed by atoms with Gasteiger partial charge in [-0.3, -0.25) is 4.79 Å². The minimum atomic E-state index is -0.324. The lowest BCUT2D eigenvalue weighted by Gasteiger charge is -2.37. The van der Waals surface area contributed by atoms with Crippen LogP contribution in [0.3, 0.4) is 0 Å². The lowest BCUT2D eigenvalue weighted by Crippen LogP contribution is -2.49. The SMILES string of the molecule is CCN[C@H](C)CNC(=O)C1(c2ccccc2C)CCCCC1. The zero-order valence-electron chi connectivity index (χ0n) is 14.2. The maximum atomic E-state index is 13.0. The fraction of sp³-hybridized carbons (Fsp3) is 0.632. The Bertz CT molecular complexity index is 492. The quantitative estimate of drug-likeness (QED) is 0.846. The summed E-state index contributed by atoms with van der Waals surface area (Å²) in [7, 11) is 0. The molecule has 0 saturated heterocycles. The van der Waals surface area contributed by atoms with E-state index in [4.69, 9.17) is 0 Å². The molecule has 1 aliphatic rings. The molecule has 0 radical (unpaired) electrons. The van der Waals surface area contributed by atoms with Crippen molar-refractivity contribution in [3.63, 3.8) is 0 Å². The second-order valence-electron chi connectivity index (χ2n) is 6.63. The monoisotopic (exact) mass is 302 g/mol. The van der Waals surface area contributed by atoms with E-state index in [-0.39, 0.29) is 11.3 Å². The Hall–Kier alpha value is -1.35. The summed E-state index contributed by atoms with van der Waals surface area (Å²) in [4.78, 5) is 13.0. The molecule has 1 aliphatic carbocycles. The molecule has 1 aromatic rings. The lowest BCUT2D eigenvalue weighted by molar-refractivity contribution is -0.128. The third-order valence-electron chi connectivity index (χ3n) is 4.92. The molecule has 3 heteroatoms. The highest BCUT2D eigenvalue weighted by Crippen LogP contribution is 2.41. The topological polar surface area (TPSA) is 41.1 Å². The second kappa shape index (κ2) is 7.77. The van der Waals surface area contributed by atoms with Crippen LogP contribution < -0.4 is 10.6 Å². The molecule has 2 rings (SSSR count). The van der Waals surface area contributed by atoms with E-state index in [1.165, 1.54) is 17.5 Å². The molecule has 0 unspecified atom stereocenters. The van der Waals surface area contributed by atoms with E-state index in [1.54, 1.807) is 0 Å². The van der Waals surface area contributed by atoms with Gasteiger partial charge in [0, 0.05) is 12.6 Å². The number of likely N-dealkylation sites (N-methyl/N-ethyl adjacent to an activating group) is 1. The maximum absolute atomic E-state index is 13.0. The maximum Gasteiger partial charge on any atom is 0.230 e. The summed E-state index contributed by atoms with van der Waals surface area (Å²) in [6.07, 6.45) is 5.47. The summed E-state index contributed by atoms with van der Waals surface area (Å²) in [5, 5.41) is 6.55. The number of amides is 1. The van der Waals surface area contributed by atoms with Crippen molar-refractivity contribution in [3.05, 3.63) is 35.4 Å². The number of carbonyl (C=O) groups is 1. The highest BCUT2D eigenvalue weighted by atomic mass is 16.2. The minimum absolute atomic E-state index is 0.214. The minimum Gasteiger partial charge on any atom is -0.354 e. The number of rotatable bonds is 6. The third-order valence-corrected chi connectivity index (χ3v) is 4.92. The first-order valence-corrected chi connectivity index (χ1v) is 8.68. The highest BCUT2D eigenvalue weighted by molar-refractivity contribution is 5.88. The van der Waals surface area contributed by atoms with Crippen LogP contribution in [0.4, 0.5) is 0 Å². The fourth-order valence-corrected chi connectivity index (χ4v) is 3.72. The van der Waals surface area contributed by atoms with Crippen LogP contribution in [0.15, 0.2) is 24.3 Å². The first kappa shape index (κ1) is 17.0. The summed E-state index contributed by atoms with van der Waals surface area (Å²) < 4.78 is 0. The highest BCUT2D eigenvalue weighted by Gasteiger charge is 2.41. The Labute approximate surface area is 134 Å². The van der Waals surface area contributed by atoms with Gasteiger partial charge in [-0.15, -0.1) is 0 Å². The van der Waals surface area contributed by atoms with Crippen molar-refractivity contribution in [2.24, 2.45) is 0 Å². The van der Waals surface area contributed by atoms with Crippen molar-refractivity contribution in [2.75, 3.05) is 13.1 Å². The molecule has 0 aliphatic heterocycles. The van der Waals surface area contributed by atoms with Crippen LogP contribution in [-0.2, 0) is 10.2 Å². The first-order valence-electron chi connectivity index (χ1n) is 8.68. The first-order chi connectivity index (χ1) is 10.6. The van der Waals surface area contributed by atoms with Gasteiger partial charge >= 0.3 is 0 Å². The molecule has 3 nitrogen and oxygen atoms in total. The molecule has 1 fully saturated rings. The van der Waals surface area contributed by atoms with E-state index in [9.17, 15) is 4.79 Å². The Kier molecular flexibility index (Phi) is 6.01. The van der Waals surface area contributed by atoms with Gasteiger partial charge in [-0.05, 0) is 44.4 Å². The molecule has 0 aromatic heterocycles. The van der Waals surface area contributed by atoms with Gasteiger partial charge in [-0.25, -0.2) is 0 Å². The van der Waals surface area contributed by atoms with E-state index in [0.717, 1.165) is 32.2 Å². The van der Waals surface area contributed by atoms with E-state index in [1.807, 2.05) is 0 Å². The Morgan fingerprint density at radius 1 is 1.23 bits per heavy atom. The molecule has 2 N–H and O–H groups in total. The molecule has 1 atom stereocenters. The van der Waals surface area contributed by atoms with Crippen molar-refractivity contribution in [1.82, 2.24) is 10.6 Å². The number of benzene rings is 1. The van der Waals surface area contributed by atoms with Crippen molar-refractivity contribution in [2.45, 2.75) is 64.3 Å². The zero-order chi connectivity index (χ0) is 16.0. The van der Waals surface area contributed by atoms with Gasteiger partial charge in [0.15, 0.2) is 0 Å². The summed E-state index contributed by atoms with van der Waals surface area (Å²) in [6, 6.07) is 8.70. The van der Waals surface area contributed by atoms with Crippen LogP contribution >= 0.6 is 0 Å². The number of hydrogen-bond donors (Lipinski definition) is 2. The van der Waals surface area contributed by atoms with Crippen LogP contribution in [-0.4, -0.2) is 25.0 Å². The van der Waals surface area contributed by atoms with Crippen molar-refractivity contribution in [3.8, 4) is 0 Å². The van der Waals surface area contributed by atoms with Crippen LogP contribution in [0.1, 0.15) is 57.1 Å². The van der Waals surface area contributed by atoms with Crippen LogP contribution in [0.25, 0.3) is 0 Å². The Morgan fingerprint density at radius 2 is 1.91 bits per heavy atom. The van der Waals surface area contributed by atoms with Gasteiger partial charge in [0.1, 0.15) is 0 Å². The predicted octanol–water partition coefficient (Wildman–Crippen LogP) is 3.31. The molecule has 0 bridgehead atoms. The summed E-state index contributed by atoms with van der Waals surface area (Å²) in [5.41, 5.74) is 2.14. The van der Waals surface area contributed by atoms with Gasteiger partial charge in [-0.1, -0.05) is 50.5 Å². The van der Waals surface area contributed by atoms with Gasteiger partial charge in [0.2, 0.25) is 5.91 Å². The van der Waals surface area contributed by atoms with Crippen molar-refractivity contribution >= 4 is 5.91 Å². The van der Waals surface area contributed by atoms with E-state index < -0.39 is 0 Å². The molecule has 1 saturated carbocycles. The number of nitrogens with one attached hydrogen (secondary N) is 2. The molecule has 0 spiro atoms. The van der Waals surface area contributed by atoms with E-state index >= 15 is 0 Å². The van der Waals surface area contributed by atoms with Crippen molar-refractivity contribution in [1.29, 1.82) is 0 Å². The predicted molar refractivity (Wildman–Crippen MR) is 92.1 cm³/mol. The van der Waals surface area contributed by atoms with E-state index in [0.29, 0.717) is 12.6 Å². The van der Waals surface area contributed by atoms with E-state index in [2.05, 4.69) is 55.7 Å². The lowest BCUT2D eigenvalue weighted by atomic mass is 9.67. The third kappa shape index (κ3) is 3.70. The van der Waals surface area contributed by atoms with Crippen LogP contribution in [0, 0.1) is 6.92 Å². The molecular weight excluding hydrogens is 272 g/mol. The Balaban J connectivity index is 2.19. The average Bonchev–Trinajstić information content (AvgIpc) is 2.54. The number of carbonyl (C=O) groups excluding carboxylic acids is 1. The van der Waals surface area contributed by atoms with Crippen molar-refractivity contribution < 1.29 is 4.79 Å². The summed E-state index contributed by atoms with van der Waals surface area (Å²) in [6.45, 7) is 7.96. The molecule has 22 heavy (non-hydrogen) atoms. The largest absolute Gasteiger partial charge is 0.354 e. The van der Waals surface area contributed by atoms with Gasteiger partial charge in [0.05, 0.1) is 5.41 Å². The smallest absolute Gasteiger partial charge is 0.230 e. The molecule has 1 aromatic carbocycles. The Morgan fingerprint density at radius 3 is 2.55 bits per heavy atom. The molecular formula is C19H30N2O. The summed E-state index contributed by atoms with van der Waals surface area (Å²) >= 11 is 0. The van der Waals surface area contributed by atoms with Gasteiger partial charge < -0.3 is 10.6 Å². The van der Waals surface area contributed by atoms with Gasteiger partial charge in [0.25, 0.3) is 0 Å². The normalized spacial score (nSPS) is 18.7. The summed E-state index contributed by atoms with van der Waals surface area (Å²) in [5.74, 6) is 0.214. The molecule has 1 amide bonds. The number of hydrogen-bond acceptors (Lipinski definition) is 2. The zero-order valence-corrected chi connectivity index (χ0v) is 14.2. The average molecular weight is 302 g/mol. The number of aryl methyl sites for hydroxylation is 1. The van der Waals surface area contributed by atoms with Gasteiger partial charge in [-0.2, -0.15) is 0 Å². The van der Waals surface area contributed by atoms with Crippen LogP contribution in [0.2, 0.25) is 0 Å².